The Morgan fingerprint density at radius 1 is 1.21 bits per heavy atom. The maximum Gasteiger partial charge on any atom is 0.122 e. The Bertz CT molecular complexity index is 500. The van der Waals surface area contributed by atoms with Gasteiger partial charge in [-0.15, -0.1) is 0 Å². The van der Waals surface area contributed by atoms with Crippen LogP contribution in [0.25, 0.3) is 0 Å². The van der Waals surface area contributed by atoms with Gasteiger partial charge in [0.05, 0.1) is 24.9 Å². The minimum Gasteiger partial charge on any atom is -0.490 e. The van der Waals surface area contributed by atoms with Crippen molar-refractivity contribution in [2.45, 2.75) is 76.4 Å². The van der Waals surface area contributed by atoms with E-state index in [0.717, 1.165) is 31.4 Å². The third-order valence-electron chi connectivity index (χ3n) is 5.08. The summed E-state index contributed by atoms with van der Waals surface area (Å²) in [5.41, 5.74) is 7.51. The molecule has 0 bridgehead atoms. The first kappa shape index (κ1) is 19.2. The van der Waals surface area contributed by atoms with Crippen LogP contribution >= 0.6 is 0 Å². The fourth-order valence-corrected chi connectivity index (χ4v) is 3.26. The largest absolute Gasteiger partial charge is 0.490 e. The zero-order valence-corrected chi connectivity index (χ0v) is 15.0. The molecule has 1 unspecified atom stereocenters. The molecular formula is C20H33NO3. The molecule has 4 nitrogen and oxygen atoms in total. The van der Waals surface area contributed by atoms with Crippen molar-refractivity contribution in [1.82, 2.24) is 0 Å². The van der Waals surface area contributed by atoms with E-state index in [1.165, 1.54) is 36.8 Å². The van der Waals surface area contributed by atoms with Gasteiger partial charge in [0.2, 0.25) is 0 Å². The molecule has 136 valence electrons. The molecule has 1 atom stereocenters. The molecule has 1 aliphatic rings. The van der Waals surface area contributed by atoms with E-state index in [9.17, 15) is 10.2 Å². The molecular weight excluding hydrogens is 302 g/mol. The van der Waals surface area contributed by atoms with Crippen molar-refractivity contribution in [2.75, 3.05) is 13.2 Å². The van der Waals surface area contributed by atoms with Crippen molar-refractivity contribution in [2.24, 2.45) is 5.73 Å². The molecule has 0 saturated carbocycles. The van der Waals surface area contributed by atoms with Crippen LogP contribution in [-0.4, -0.2) is 35.1 Å². The topological polar surface area (TPSA) is 75.7 Å². The molecule has 0 amide bonds. The highest BCUT2D eigenvalue weighted by atomic mass is 16.5. The summed E-state index contributed by atoms with van der Waals surface area (Å²) in [4.78, 5) is 0. The highest BCUT2D eigenvalue weighted by Gasteiger charge is 2.23. The first-order valence-electron chi connectivity index (χ1n) is 9.39. The molecule has 0 radical (unpaired) electrons. The van der Waals surface area contributed by atoms with Crippen LogP contribution in [0.3, 0.4) is 0 Å². The normalized spacial score (nSPS) is 17.4. The number of benzene rings is 1. The van der Waals surface area contributed by atoms with Gasteiger partial charge in [-0.05, 0) is 55.7 Å². The van der Waals surface area contributed by atoms with E-state index in [-0.39, 0.29) is 13.2 Å². The van der Waals surface area contributed by atoms with Gasteiger partial charge in [-0.25, -0.2) is 0 Å². The Kier molecular flexibility index (Phi) is 7.53. The van der Waals surface area contributed by atoms with Gasteiger partial charge in [-0.1, -0.05) is 38.3 Å². The van der Waals surface area contributed by atoms with Gasteiger partial charge >= 0.3 is 0 Å². The minimum atomic E-state index is -0.893. The Morgan fingerprint density at radius 3 is 2.71 bits per heavy atom. The summed E-state index contributed by atoms with van der Waals surface area (Å²) >= 11 is 0. The van der Waals surface area contributed by atoms with Crippen LogP contribution in [0.5, 0.6) is 5.75 Å². The Balaban J connectivity index is 1.87. The second kappa shape index (κ2) is 9.40. The quantitative estimate of drug-likeness (QED) is 0.575. The summed E-state index contributed by atoms with van der Waals surface area (Å²) in [6.45, 7) is 1.84. The molecule has 4 N–H and O–H groups in total. The fourth-order valence-electron chi connectivity index (χ4n) is 3.26. The lowest BCUT2D eigenvalue weighted by atomic mass is 9.92. The number of ether oxygens (including phenoxy) is 1. The summed E-state index contributed by atoms with van der Waals surface area (Å²) in [7, 11) is 0. The molecule has 1 aliphatic heterocycles. The second-order valence-electron chi connectivity index (χ2n) is 7.25. The molecule has 0 aliphatic carbocycles. The zero-order valence-electron chi connectivity index (χ0n) is 15.0. The summed E-state index contributed by atoms with van der Waals surface area (Å²) in [6, 6.07) is 6.34. The van der Waals surface area contributed by atoms with Crippen LogP contribution in [0, 0.1) is 0 Å². The SMILES string of the molecule is CCCCCCC1CCc2cc(CCC(N)(CO)CO)ccc2O1. The van der Waals surface area contributed by atoms with Crippen molar-refractivity contribution in [3.63, 3.8) is 0 Å². The van der Waals surface area contributed by atoms with Crippen LogP contribution < -0.4 is 10.5 Å². The molecule has 24 heavy (non-hydrogen) atoms. The van der Waals surface area contributed by atoms with Crippen LogP contribution in [-0.2, 0) is 12.8 Å². The number of aliphatic hydroxyl groups excluding tert-OH is 2. The molecule has 1 aromatic rings. The highest BCUT2D eigenvalue weighted by molar-refractivity contribution is 5.39. The number of unbranched alkanes of at least 4 members (excludes halogenated alkanes) is 3. The van der Waals surface area contributed by atoms with Gasteiger partial charge in [0.1, 0.15) is 5.75 Å². The van der Waals surface area contributed by atoms with E-state index in [4.69, 9.17) is 10.5 Å². The lowest BCUT2D eigenvalue weighted by molar-refractivity contribution is 0.115. The van der Waals surface area contributed by atoms with Crippen LogP contribution in [0.4, 0.5) is 0 Å². The van der Waals surface area contributed by atoms with Crippen molar-refractivity contribution in [3.8, 4) is 5.75 Å². The van der Waals surface area contributed by atoms with Gasteiger partial charge in [-0.3, -0.25) is 0 Å². The van der Waals surface area contributed by atoms with Crippen molar-refractivity contribution in [3.05, 3.63) is 29.3 Å². The predicted molar refractivity (Wildman–Crippen MR) is 97.3 cm³/mol. The second-order valence-corrected chi connectivity index (χ2v) is 7.25. The average Bonchev–Trinajstić information content (AvgIpc) is 2.63. The standard InChI is InChI=1S/C20H33NO3/c1-2-3-4-5-6-18-9-8-17-13-16(7-10-19(17)24-18)11-12-20(21,14-22)15-23/h7,10,13,18,22-23H,2-6,8-9,11-12,14-15,21H2,1H3. The lowest BCUT2D eigenvalue weighted by Gasteiger charge is -2.27. The van der Waals surface area contributed by atoms with Gasteiger partial charge in [0, 0.05) is 0 Å². The molecule has 0 saturated heterocycles. The first-order valence-corrected chi connectivity index (χ1v) is 9.39. The molecule has 0 fully saturated rings. The molecule has 2 rings (SSSR count). The fraction of sp³-hybridized carbons (Fsp3) is 0.700. The Morgan fingerprint density at radius 2 is 2.00 bits per heavy atom. The van der Waals surface area contributed by atoms with E-state index in [1.54, 1.807) is 0 Å². The maximum absolute atomic E-state index is 9.28. The van der Waals surface area contributed by atoms with E-state index in [2.05, 4.69) is 25.1 Å². The number of nitrogens with two attached hydrogens (primary N) is 1. The Labute approximate surface area is 146 Å². The number of hydrogen-bond acceptors (Lipinski definition) is 4. The summed E-state index contributed by atoms with van der Waals surface area (Å²) < 4.78 is 6.15. The summed E-state index contributed by atoms with van der Waals surface area (Å²) in [5, 5.41) is 18.6. The zero-order chi connectivity index (χ0) is 17.4. The Hall–Kier alpha value is -1.10. The monoisotopic (exact) mass is 335 g/mol. The highest BCUT2D eigenvalue weighted by Crippen LogP contribution is 2.31. The molecule has 0 spiro atoms. The predicted octanol–water partition coefficient (Wildman–Crippen LogP) is 2.97. The molecule has 1 heterocycles. The number of aryl methyl sites for hydroxylation is 2. The van der Waals surface area contributed by atoms with Crippen molar-refractivity contribution >= 4 is 0 Å². The van der Waals surface area contributed by atoms with E-state index in [1.807, 2.05) is 0 Å². The lowest BCUT2D eigenvalue weighted by Crippen LogP contribution is -2.47. The van der Waals surface area contributed by atoms with E-state index in [0.29, 0.717) is 12.5 Å². The van der Waals surface area contributed by atoms with Crippen LogP contribution in [0.2, 0.25) is 0 Å². The third kappa shape index (κ3) is 5.47. The maximum atomic E-state index is 9.28. The van der Waals surface area contributed by atoms with Crippen LogP contribution in [0.15, 0.2) is 18.2 Å². The smallest absolute Gasteiger partial charge is 0.122 e. The number of fused-ring (bicyclic) bond motifs is 1. The van der Waals surface area contributed by atoms with Gasteiger partial charge < -0.3 is 20.7 Å². The summed E-state index contributed by atoms with van der Waals surface area (Å²) in [5.74, 6) is 1.02. The number of rotatable bonds is 10. The average molecular weight is 335 g/mol. The number of aliphatic hydroxyl groups is 2. The van der Waals surface area contributed by atoms with Crippen molar-refractivity contribution < 1.29 is 14.9 Å². The molecule has 1 aromatic carbocycles. The van der Waals surface area contributed by atoms with Crippen molar-refractivity contribution in [1.29, 1.82) is 0 Å². The number of hydrogen-bond donors (Lipinski definition) is 3. The van der Waals surface area contributed by atoms with Gasteiger partial charge in [-0.2, -0.15) is 0 Å². The molecule has 4 heteroatoms. The van der Waals surface area contributed by atoms with Gasteiger partial charge in [0.15, 0.2) is 0 Å². The molecule has 0 aromatic heterocycles. The third-order valence-corrected chi connectivity index (χ3v) is 5.08. The minimum absolute atomic E-state index is 0.197. The van der Waals surface area contributed by atoms with Crippen LogP contribution in [0.1, 0.15) is 63.0 Å². The summed E-state index contributed by atoms with van der Waals surface area (Å²) in [6.07, 6.45) is 10.2. The first-order chi connectivity index (χ1) is 11.6. The van der Waals surface area contributed by atoms with Gasteiger partial charge in [0.25, 0.3) is 0 Å². The van der Waals surface area contributed by atoms with E-state index < -0.39 is 5.54 Å². The van der Waals surface area contributed by atoms with E-state index >= 15 is 0 Å².